The fourth-order valence-electron chi connectivity index (χ4n) is 4.88. The van der Waals surface area contributed by atoms with E-state index in [1.807, 2.05) is 0 Å². The van der Waals surface area contributed by atoms with E-state index < -0.39 is 5.97 Å². The number of carboxylic acid groups (broad SMARTS) is 1. The van der Waals surface area contributed by atoms with Gasteiger partial charge in [0.1, 0.15) is 0 Å². The van der Waals surface area contributed by atoms with Gasteiger partial charge in [0.2, 0.25) is 0 Å². The number of carboxylic acids is 1. The van der Waals surface area contributed by atoms with Gasteiger partial charge in [-0.25, -0.2) is 0 Å². The summed E-state index contributed by atoms with van der Waals surface area (Å²) in [4.78, 5) is 13.3. The third kappa shape index (κ3) is 4.27. The molecule has 4 saturated carbocycles. The van der Waals surface area contributed by atoms with Crippen molar-refractivity contribution < 1.29 is 9.90 Å². The first-order valence-electron chi connectivity index (χ1n) is 9.89. The molecule has 2 N–H and O–H groups in total. The lowest BCUT2D eigenvalue weighted by atomic mass is 9.80. The van der Waals surface area contributed by atoms with Gasteiger partial charge in [-0.2, -0.15) is 0 Å². The quantitative estimate of drug-likeness (QED) is 0.722. The Morgan fingerprint density at radius 2 is 1.74 bits per heavy atom. The van der Waals surface area contributed by atoms with E-state index >= 15 is 0 Å². The molecule has 4 heteroatoms. The Balaban J connectivity index is 1.21. The van der Waals surface area contributed by atoms with Crippen molar-refractivity contribution in [3.05, 3.63) is 0 Å². The second-order valence-corrected chi connectivity index (χ2v) is 8.72. The highest BCUT2D eigenvalue weighted by molar-refractivity contribution is 5.69. The highest BCUT2D eigenvalue weighted by Crippen LogP contribution is 2.44. The molecule has 2 unspecified atom stereocenters. The van der Waals surface area contributed by atoms with Gasteiger partial charge in [-0.1, -0.05) is 12.8 Å². The standard InChI is InChI=1S/C19H32N2O2/c22-19(23)12-21(11-13-4-5-13)18-9-17(10-18)20-16-3-1-2-15(8-16)14-6-7-14/h13-18,20H,1-12H2,(H,22,23). The van der Waals surface area contributed by atoms with E-state index in [4.69, 9.17) is 5.11 Å². The van der Waals surface area contributed by atoms with Gasteiger partial charge in [0.05, 0.1) is 6.54 Å². The second-order valence-electron chi connectivity index (χ2n) is 8.72. The highest BCUT2D eigenvalue weighted by atomic mass is 16.4. The van der Waals surface area contributed by atoms with Crippen molar-refractivity contribution in [1.82, 2.24) is 10.2 Å². The summed E-state index contributed by atoms with van der Waals surface area (Å²) in [5.74, 6) is 2.16. The minimum Gasteiger partial charge on any atom is -0.480 e. The predicted molar refractivity (Wildman–Crippen MR) is 90.3 cm³/mol. The van der Waals surface area contributed by atoms with Gasteiger partial charge in [-0.15, -0.1) is 0 Å². The van der Waals surface area contributed by atoms with E-state index in [9.17, 15) is 4.79 Å². The number of nitrogens with zero attached hydrogens (tertiary/aromatic N) is 1. The van der Waals surface area contributed by atoms with Gasteiger partial charge in [0.25, 0.3) is 0 Å². The van der Waals surface area contributed by atoms with Crippen LogP contribution >= 0.6 is 0 Å². The van der Waals surface area contributed by atoms with Gasteiger partial charge >= 0.3 is 5.97 Å². The largest absolute Gasteiger partial charge is 0.480 e. The highest BCUT2D eigenvalue weighted by Gasteiger charge is 2.39. The van der Waals surface area contributed by atoms with E-state index in [1.165, 1.54) is 51.4 Å². The second kappa shape index (κ2) is 6.72. The Hall–Kier alpha value is -0.610. The summed E-state index contributed by atoms with van der Waals surface area (Å²) in [6, 6.07) is 1.88. The zero-order chi connectivity index (χ0) is 15.8. The summed E-state index contributed by atoms with van der Waals surface area (Å²) >= 11 is 0. The van der Waals surface area contributed by atoms with Gasteiger partial charge < -0.3 is 10.4 Å². The van der Waals surface area contributed by atoms with Crippen LogP contribution in [0.1, 0.15) is 64.2 Å². The van der Waals surface area contributed by atoms with Gasteiger partial charge in [0, 0.05) is 24.7 Å². The normalized spacial score (nSPS) is 37.6. The fraction of sp³-hybridized carbons (Fsp3) is 0.947. The first kappa shape index (κ1) is 15.9. The molecule has 4 nitrogen and oxygen atoms in total. The maximum absolute atomic E-state index is 11.1. The molecule has 0 aromatic heterocycles. The van der Waals surface area contributed by atoms with Gasteiger partial charge in [-0.3, -0.25) is 9.69 Å². The molecule has 23 heavy (non-hydrogen) atoms. The van der Waals surface area contributed by atoms with Crippen molar-refractivity contribution in [2.24, 2.45) is 17.8 Å². The van der Waals surface area contributed by atoms with Crippen LogP contribution in [0.3, 0.4) is 0 Å². The Labute approximate surface area is 140 Å². The van der Waals surface area contributed by atoms with E-state index in [0.29, 0.717) is 12.1 Å². The van der Waals surface area contributed by atoms with Crippen LogP contribution in [0.5, 0.6) is 0 Å². The predicted octanol–water partition coefficient (Wildman–Crippen LogP) is 2.87. The molecule has 0 heterocycles. The molecule has 0 saturated heterocycles. The third-order valence-corrected chi connectivity index (χ3v) is 6.63. The minimum absolute atomic E-state index is 0.237. The zero-order valence-electron chi connectivity index (χ0n) is 14.3. The summed E-state index contributed by atoms with van der Waals surface area (Å²) < 4.78 is 0. The van der Waals surface area contributed by atoms with Gasteiger partial charge in [0.15, 0.2) is 0 Å². The molecule has 0 aromatic carbocycles. The molecule has 4 aliphatic rings. The van der Waals surface area contributed by atoms with Crippen molar-refractivity contribution in [2.75, 3.05) is 13.1 Å². The van der Waals surface area contributed by atoms with E-state index in [2.05, 4.69) is 10.2 Å². The Morgan fingerprint density at radius 1 is 0.957 bits per heavy atom. The average molecular weight is 320 g/mol. The number of nitrogens with one attached hydrogen (secondary N) is 1. The molecular weight excluding hydrogens is 288 g/mol. The lowest BCUT2D eigenvalue weighted by Crippen LogP contribution is -2.56. The van der Waals surface area contributed by atoms with E-state index in [0.717, 1.165) is 43.2 Å². The van der Waals surface area contributed by atoms with Crippen LogP contribution in [0.25, 0.3) is 0 Å². The van der Waals surface area contributed by atoms with Crippen molar-refractivity contribution >= 4 is 5.97 Å². The maximum atomic E-state index is 11.1. The number of carbonyl (C=O) groups is 1. The van der Waals surface area contributed by atoms with Crippen LogP contribution in [-0.4, -0.2) is 47.2 Å². The molecule has 4 rings (SSSR count). The molecule has 0 aliphatic heterocycles. The van der Waals surface area contributed by atoms with Crippen LogP contribution in [0.15, 0.2) is 0 Å². The van der Waals surface area contributed by atoms with Crippen LogP contribution in [0.4, 0.5) is 0 Å². The monoisotopic (exact) mass is 320 g/mol. The molecule has 0 bridgehead atoms. The molecule has 0 amide bonds. The average Bonchev–Trinajstić information content (AvgIpc) is 3.34. The van der Waals surface area contributed by atoms with E-state index in [1.54, 1.807) is 0 Å². The summed E-state index contributed by atoms with van der Waals surface area (Å²) in [6.45, 7) is 1.25. The van der Waals surface area contributed by atoms with Crippen molar-refractivity contribution in [3.63, 3.8) is 0 Å². The lowest BCUT2D eigenvalue weighted by Gasteiger charge is -2.45. The van der Waals surface area contributed by atoms with Crippen molar-refractivity contribution in [2.45, 2.75) is 82.3 Å². The maximum Gasteiger partial charge on any atom is 0.317 e. The summed E-state index contributed by atoms with van der Waals surface area (Å²) in [5, 5.41) is 13.0. The SMILES string of the molecule is O=C(O)CN(CC1CC1)C1CC(NC2CCCC(C3CC3)C2)C1. The number of hydrogen-bond donors (Lipinski definition) is 2. The molecule has 4 fully saturated rings. The Bertz CT molecular complexity index is 427. The zero-order valence-corrected chi connectivity index (χ0v) is 14.3. The lowest BCUT2D eigenvalue weighted by molar-refractivity contribution is -0.139. The van der Waals surface area contributed by atoms with Gasteiger partial charge in [-0.05, 0) is 69.1 Å². The minimum atomic E-state index is -0.665. The Kier molecular flexibility index (Phi) is 4.64. The van der Waals surface area contributed by atoms with Crippen LogP contribution < -0.4 is 5.32 Å². The molecule has 130 valence electrons. The smallest absolute Gasteiger partial charge is 0.317 e. The fourth-order valence-corrected chi connectivity index (χ4v) is 4.88. The van der Waals surface area contributed by atoms with Crippen molar-refractivity contribution in [1.29, 1.82) is 0 Å². The van der Waals surface area contributed by atoms with Crippen molar-refractivity contribution in [3.8, 4) is 0 Å². The molecule has 4 aliphatic carbocycles. The first-order valence-corrected chi connectivity index (χ1v) is 9.89. The van der Waals surface area contributed by atoms with Crippen LogP contribution in [0, 0.1) is 17.8 Å². The molecule has 0 aromatic rings. The van der Waals surface area contributed by atoms with Crippen LogP contribution in [0.2, 0.25) is 0 Å². The molecule has 0 radical (unpaired) electrons. The third-order valence-electron chi connectivity index (χ3n) is 6.63. The first-order chi connectivity index (χ1) is 11.2. The number of hydrogen-bond acceptors (Lipinski definition) is 3. The summed E-state index contributed by atoms with van der Waals surface area (Å²) in [5.41, 5.74) is 0. The molecule has 2 atom stereocenters. The van der Waals surface area contributed by atoms with Crippen LogP contribution in [-0.2, 0) is 4.79 Å². The number of rotatable bonds is 8. The Morgan fingerprint density at radius 3 is 2.39 bits per heavy atom. The number of aliphatic carboxylic acids is 1. The molecular formula is C19H32N2O2. The molecule has 0 spiro atoms. The summed E-state index contributed by atoms with van der Waals surface area (Å²) in [7, 11) is 0. The summed E-state index contributed by atoms with van der Waals surface area (Å²) in [6.07, 6.45) is 13.5. The topological polar surface area (TPSA) is 52.6 Å². The van der Waals surface area contributed by atoms with E-state index in [-0.39, 0.29) is 6.54 Å².